The van der Waals surface area contributed by atoms with Crippen LogP contribution in [0.2, 0.25) is 0 Å². The Morgan fingerprint density at radius 1 is 1.69 bits per heavy atom. The van der Waals surface area contributed by atoms with Gasteiger partial charge in [-0.15, -0.1) is 0 Å². The smallest absolute Gasteiger partial charge is 0.165 e. The van der Waals surface area contributed by atoms with E-state index in [1.165, 1.54) is 18.3 Å². The fourth-order valence-corrected chi connectivity index (χ4v) is 0.875. The van der Waals surface area contributed by atoms with Crippen LogP contribution in [0.3, 0.4) is 0 Å². The first-order valence-electron chi connectivity index (χ1n) is 4.26. The summed E-state index contributed by atoms with van der Waals surface area (Å²) in [5.41, 5.74) is 0. The van der Waals surface area contributed by atoms with Crippen molar-refractivity contribution in [3.05, 3.63) is 24.1 Å². The highest BCUT2D eigenvalue weighted by molar-refractivity contribution is 5.35. The molecular formula is C9H13FN2O. The van der Waals surface area contributed by atoms with E-state index in [4.69, 9.17) is 0 Å². The van der Waals surface area contributed by atoms with Crippen molar-refractivity contribution in [2.75, 3.05) is 11.9 Å². The van der Waals surface area contributed by atoms with Crippen LogP contribution >= 0.6 is 0 Å². The van der Waals surface area contributed by atoms with Crippen LogP contribution in [0.15, 0.2) is 18.3 Å². The number of hydrogen-bond donors (Lipinski definition) is 2. The summed E-state index contributed by atoms with van der Waals surface area (Å²) in [5, 5.41) is 11.9. The number of halogens is 1. The van der Waals surface area contributed by atoms with Crippen molar-refractivity contribution in [2.24, 2.45) is 0 Å². The molecule has 0 saturated heterocycles. The minimum Gasteiger partial charge on any atom is -0.391 e. The van der Waals surface area contributed by atoms with E-state index < -0.39 is 11.9 Å². The minimum absolute atomic E-state index is 0.190. The van der Waals surface area contributed by atoms with Gasteiger partial charge in [0.1, 0.15) is 0 Å². The lowest BCUT2D eigenvalue weighted by Gasteiger charge is -2.09. The molecule has 4 heteroatoms. The summed E-state index contributed by atoms with van der Waals surface area (Å²) in [5.74, 6) is -0.208. The monoisotopic (exact) mass is 184 g/mol. The van der Waals surface area contributed by atoms with Gasteiger partial charge in [0.15, 0.2) is 11.6 Å². The molecule has 0 fully saturated rings. The lowest BCUT2D eigenvalue weighted by atomic mass is 10.3. The first-order chi connectivity index (χ1) is 6.24. The average molecular weight is 184 g/mol. The molecule has 0 aromatic carbocycles. The van der Waals surface area contributed by atoms with Gasteiger partial charge in [-0.05, 0) is 18.6 Å². The number of aliphatic hydroxyl groups excluding tert-OH is 1. The Morgan fingerprint density at radius 3 is 3.08 bits per heavy atom. The van der Waals surface area contributed by atoms with Crippen LogP contribution in [0.25, 0.3) is 0 Å². The number of nitrogens with one attached hydrogen (secondary N) is 1. The number of hydrogen-bond acceptors (Lipinski definition) is 3. The van der Waals surface area contributed by atoms with Gasteiger partial charge < -0.3 is 10.4 Å². The summed E-state index contributed by atoms with van der Waals surface area (Å²) in [6.07, 6.45) is 1.69. The molecule has 1 rings (SSSR count). The number of nitrogens with zero attached hydrogens (tertiary/aromatic N) is 1. The van der Waals surface area contributed by atoms with Crippen molar-refractivity contribution < 1.29 is 9.50 Å². The van der Waals surface area contributed by atoms with Gasteiger partial charge in [0, 0.05) is 12.7 Å². The van der Waals surface area contributed by atoms with Crippen molar-refractivity contribution in [3.63, 3.8) is 0 Å². The van der Waals surface area contributed by atoms with Gasteiger partial charge in [-0.2, -0.15) is 0 Å². The molecule has 0 bridgehead atoms. The Bertz CT molecular complexity index is 268. The third-order valence-corrected chi connectivity index (χ3v) is 1.73. The molecule has 0 aliphatic rings. The largest absolute Gasteiger partial charge is 0.391 e. The van der Waals surface area contributed by atoms with E-state index in [9.17, 15) is 9.50 Å². The van der Waals surface area contributed by atoms with E-state index in [0.717, 1.165) is 0 Å². The number of rotatable bonds is 4. The van der Waals surface area contributed by atoms with Gasteiger partial charge in [-0.1, -0.05) is 6.92 Å². The van der Waals surface area contributed by atoms with E-state index in [2.05, 4.69) is 10.3 Å². The minimum atomic E-state index is -0.457. The summed E-state index contributed by atoms with van der Waals surface area (Å²) < 4.78 is 12.9. The highest BCUT2D eigenvalue weighted by Gasteiger charge is 2.04. The maximum absolute atomic E-state index is 12.9. The number of aliphatic hydroxyl groups is 1. The van der Waals surface area contributed by atoms with Crippen molar-refractivity contribution in [1.29, 1.82) is 0 Å². The van der Waals surface area contributed by atoms with Gasteiger partial charge in [-0.3, -0.25) is 0 Å². The summed E-state index contributed by atoms with van der Waals surface area (Å²) >= 11 is 0. The van der Waals surface area contributed by atoms with Crippen molar-refractivity contribution in [1.82, 2.24) is 4.98 Å². The molecule has 13 heavy (non-hydrogen) atoms. The van der Waals surface area contributed by atoms with Crippen LogP contribution in [0.1, 0.15) is 13.3 Å². The fraction of sp³-hybridized carbons (Fsp3) is 0.444. The average Bonchev–Trinajstić information content (AvgIpc) is 2.16. The quantitative estimate of drug-likeness (QED) is 0.743. The Morgan fingerprint density at radius 2 is 2.46 bits per heavy atom. The SMILES string of the molecule is CCC(O)CNc1ncccc1F. The summed E-state index contributed by atoms with van der Waals surface area (Å²) in [6, 6.07) is 2.85. The zero-order valence-electron chi connectivity index (χ0n) is 7.50. The Kier molecular flexibility index (Phi) is 3.64. The molecule has 1 heterocycles. The number of pyridine rings is 1. The number of aromatic nitrogens is 1. The van der Waals surface area contributed by atoms with Crippen LogP contribution in [-0.4, -0.2) is 22.7 Å². The standard InChI is InChI=1S/C9H13FN2O/c1-2-7(13)6-12-9-8(10)4-3-5-11-9/h3-5,7,13H,2,6H2,1H3,(H,11,12). The van der Waals surface area contributed by atoms with Crippen LogP contribution in [-0.2, 0) is 0 Å². The van der Waals surface area contributed by atoms with E-state index in [-0.39, 0.29) is 5.82 Å². The first kappa shape index (κ1) is 9.92. The van der Waals surface area contributed by atoms with Crippen LogP contribution < -0.4 is 5.32 Å². The van der Waals surface area contributed by atoms with Gasteiger partial charge >= 0.3 is 0 Å². The lowest BCUT2D eigenvalue weighted by Crippen LogP contribution is -2.19. The molecule has 1 aromatic rings. The lowest BCUT2D eigenvalue weighted by molar-refractivity contribution is 0.183. The van der Waals surface area contributed by atoms with Gasteiger partial charge in [-0.25, -0.2) is 9.37 Å². The summed E-state index contributed by atoms with van der Waals surface area (Å²) in [6.45, 7) is 2.19. The predicted molar refractivity (Wildman–Crippen MR) is 49.0 cm³/mol. The zero-order chi connectivity index (χ0) is 9.68. The molecule has 0 aliphatic carbocycles. The maximum Gasteiger partial charge on any atom is 0.165 e. The molecule has 72 valence electrons. The molecule has 1 unspecified atom stereocenters. The molecule has 0 amide bonds. The topological polar surface area (TPSA) is 45.1 Å². The maximum atomic E-state index is 12.9. The Labute approximate surface area is 76.6 Å². The number of anilines is 1. The summed E-state index contributed by atoms with van der Waals surface area (Å²) in [4.78, 5) is 3.79. The third kappa shape index (κ3) is 2.99. The molecule has 0 aliphatic heterocycles. The molecule has 0 radical (unpaired) electrons. The highest BCUT2D eigenvalue weighted by Crippen LogP contribution is 2.08. The third-order valence-electron chi connectivity index (χ3n) is 1.73. The second-order valence-corrected chi connectivity index (χ2v) is 2.78. The second-order valence-electron chi connectivity index (χ2n) is 2.78. The Balaban J connectivity index is 2.50. The van der Waals surface area contributed by atoms with Crippen LogP contribution in [0, 0.1) is 5.82 Å². The Hall–Kier alpha value is -1.16. The molecule has 2 N–H and O–H groups in total. The molecule has 3 nitrogen and oxygen atoms in total. The van der Waals surface area contributed by atoms with Crippen molar-refractivity contribution >= 4 is 5.82 Å². The highest BCUT2D eigenvalue weighted by atomic mass is 19.1. The van der Waals surface area contributed by atoms with Crippen molar-refractivity contribution in [3.8, 4) is 0 Å². The van der Waals surface area contributed by atoms with E-state index in [0.29, 0.717) is 13.0 Å². The molecule has 1 aromatic heterocycles. The van der Waals surface area contributed by atoms with E-state index >= 15 is 0 Å². The van der Waals surface area contributed by atoms with Crippen LogP contribution in [0.4, 0.5) is 10.2 Å². The molecule has 1 atom stereocenters. The predicted octanol–water partition coefficient (Wildman–Crippen LogP) is 1.40. The van der Waals surface area contributed by atoms with Gasteiger partial charge in [0.25, 0.3) is 0 Å². The molecular weight excluding hydrogens is 171 g/mol. The van der Waals surface area contributed by atoms with Gasteiger partial charge in [0.05, 0.1) is 6.10 Å². The van der Waals surface area contributed by atoms with Crippen molar-refractivity contribution in [2.45, 2.75) is 19.4 Å². The van der Waals surface area contributed by atoms with Crippen LogP contribution in [0.5, 0.6) is 0 Å². The zero-order valence-corrected chi connectivity index (χ0v) is 7.50. The molecule has 0 spiro atoms. The van der Waals surface area contributed by atoms with Gasteiger partial charge in [0.2, 0.25) is 0 Å². The second kappa shape index (κ2) is 4.77. The summed E-state index contributed by atoms with van der Waals surface area (Å²) in [7, 11) is 0. The fourth-order valence-electron chi connectivity index (χ4n) is 0.875. The first-order valence-corrected chi connectivity index (χ1v) is 4.26. The molecule has 0 saturated carbocycles. The van der Waals surface area contributed by atoms with E-state index in [1.54, 1.807) is 0 Å². The normalized spacial score (nSPS) is 12.5. The van der Waals surface area contributed by atoms with E-state index in [1.807, 2.05) is 6.92 Å².